The van der Waals surface area contributed by atoms with Gasteiger partial charge in [0.2, 0.25) is 0 Å². The van der Waals surface area contributed by atoms with Gasteiger partial charge in [-0.15, -0.1) is 13.2 Å². The molecule has 0 unspecified atom stereocenters. The Bertz CT molecular complexity index is 1040. The van der Waals surface area contributed by atoms with Crippen LogP contribution in [0.3, 0.4) is 0 Å². The lowest BCUT2D eigenvalue weighted by Gasteiger charge is -2.27. The number of halogens is 4. The molecule has 1 N–H and O–H groups in total. The number of ether oxygens (including phenoxy) is 1. The van der Waals surface area contributed by atoms with Crippen LogP contribution in [0.2, 0.25) is 5.02 Å². The lowest BCUT2D eigenvalue weighted by molar-refractivity contribution is -0.274. The zero-order chi connectivity index (χ0) is 21.8. The molecule has 0 spiro atoms. The summed E-state index contributed by atoms with van der Waals surface area (Å²) >= 11 is 7.66. The maximum atomic E-state index is 12.3. The first kappa shape index (κ1) is 21.9. The Morgan fingerprint density at radius 2 is 1.65 bits per heavy atom. The zero-order valence-electron chi connectivity index (χ0n) is 16.5. The van der Waals surface area contributed by atoms with Crippen LogP contribution in [0, 0.1) is 0 Å². The van der Waals surface area contributed by atoms with Gasteiger partial charge in [0.05, 0.1) is 0 Å². The molecule has 0 saturated heterocycles. The van der Waals surface area contributed by atoms with Crippen molar-refractivity contribution in [1.82, 2.24) is 4.72 Å². The van der Waals surface area contributed by atoms with E-state index in [1.807, 2.05) is 18.2 Å². The second kappa shape index (κ2) is 9.42. The Hall–Kier alpha value is -2.35. The Kier molecular flexibility index (Phi) is 6.65. The van der Waals surface area contributed by atoms with Gasteiger partial charge in [-0.3, -0.25) is 4.72 Å². The monoisotopic (exact) mass is 464 g/mol. The molecule has 31 heavy (non-hydrogen) atoms. The van der Waals surface area contributed by atoms with Crippen LogP contribution >= 0.6 is 23.5 Å². The van der Waals surface area contributed by atoms with E-state index in [4.69, 9.17) is 11.6 Å². The van der Waals surface area contributed by atoms with Crippen LogP contribution in [0.15, 0.2) is 71.6 Å². The quantitative estimate of drug-likeness (QED) is 0.321. The number of rotatable bonds is 6. The number of hydrogen-bond donors (Lipinski definition) is 1. The number of benzene rings is 3. The molecule has 3 aromatic rings. The topological polar surface area (TPSA) is 24.5 Å². The summed E-state index contributed by atoms with van der Waals surface area (Å²) < 4.78 is 44.0. The van der Waals surface area contributed by atoms with Crippen LogP contribution in [0.5, 0.6) is 5.75 Å². The SMILES string of the molecule is FC(F)(F)Oc1ccc(SNCCN2c3ccccc3CCc3ccc(Cl)cc32)cc1. The first-order chi connectivity index (χ1) is 14.9. The van der Waals surface area contributed by atoms with Crippen LogP contribution in [0.1, 0.15) is 11.1 Å². The number of nitrogens with one attached hydrogen (secondary N) is 1. The summed E-state index contributed by atoms with van der Waals surface area (Å²) in [5.41, 5.74) is 4.83. The van der Waals surface area contributed by atoms with Crippen molar-refractivity contribution in [2.75, 3.05) is 18.0 Å². The fraction of sp³-hybridized carbons (Fsp3) is 0.217. The standard InChI is InChI=1S/C23H20ClF3N2OS/c24-18-8-7-17-6-5-16-3-1-2-4-21(16)29(22(17)15-18)14-13-28-31-20-11-9-19(10-12-20)30-23(25,26)27/h1-4,7-12,15,28H,5-6,13-14H2. The van der Waals surface area contributed by atoms with Crippen molar-refractivity contribution in [3.8, 4) is 5.75 Å². The summed E-state index contributed by atoms with van der Waals surface area (Å²) in [6.45, 7) is 1.37. The molecule has 0 aliphatic carbocycles. The van der Waals surface area contributed by atoms with Gasteiger partial charge >= 0.3 is 6.36 Å². The van der Waals surface area contributed by atoms with Crippen molar-refractivity contribution >= 4 is 34.9 Å². The predicted octanol–water partition coefficient (Wildman–Crippen LogP) is 6.77. The van der Waals surface area contributed by atoms with E-state index in [0.29, 0.717) is 18.1 Å². The van der Waals surface area contributed by atoms with Gasteiger partial charge in [0, 0.05) is 34.4 Å². The Labute approximate surface area is 188 Å². The average Bonchev–Trinajstić information content (AvgIpc) is 2.88. The van der Waals surface area contributed by atoms with Crippen molar-refractivity contribution in [2.45, 2.75) is 24.1 Å². The molecular weight excluding hydrogens is 445 g/mol. The third-order valence-corrected chi connectivity index (χ3v) is 6.06. The number of aryl methyl sites for hydroxylation is 2. The fourth-order valence-electron chi connectivity index (χ4n) is 3.63. The van der Waals surface area contributed by atoms with E-state index in [-0.39, 0.29) is 5.75 Å². The maximum Gasteiger partial charge on any atom is 0.573 e. The third kappa shape index (κ3) is 5.67. The molecule has 0 saturated carbocycles. The second-order valence-electron chi connectivity index (χ2n) is 7.07. The molecule has 0 atom stereocenters. The lowest BCUT2D eigenvalue weighted by Crippen LogP contribution is -2.26. The molecule has 0 bridgehead atoms. The van der Waals surface area contributed by atoms with Crippen LogP contribution in [-0.4, -0.2) is 19.5 Å². The van der Waals surface area contributed by atoms with Crippen molar-refractivity contribution in [3.05, 3.63) is 82.9 Å². The minimum atomic E-state index is -4.68. The molecule has 0 aromatic heterocycles. The molecule has 1 aliphatic rings. The van der Waals surface area contributed by atoms with Gasteiger partial charge in [0.1, 0.15) is 5.75 Å². The average molecular weight is 465 g/mol. The summed E-state index contributed by atoms with van der Waals surface area (Å²) in [6.07, 6.45) is -2.76. The smallest absolute Gasteiger partial charge is 0.406 e. The minimum absolute atomic E-state index is 0.230. The van der Waals surface area contributed by atoms with Crippen LogP contribution in [0.25, 0.3) is 0 Å². The van der Waals surface area contributed by atoms with E-state index >= 15 is 0 Å². The van der Waals surface area contributed by atoms with E-state index in [1.165, 1.54) is 40.9 Å². The minimum Gasteiger partial charge on any atom is -0.406 e. The molecule has 8 heteroatoms. The Morgan fingerprint density at radius 3 is 2.39 bits per heavy atom. The summed E-state index contributed by atoms with van der Waals surface area (Å²) in [7, 11) is 0. The summed E-state index contributed by atoms with van der Waals surface area (Å²) in [5.74, 6) is -0.230. The first-order valence-electron chi connectivity index (χ1n) is 9.78. The van der Waals surface area contributed by atoms with E-state index in [9.17, 15) is 13.2 Å². The Balaban J connectivity index is 1.42. The van der Waals surface area contributed by atoms with Gasteiger partial charge in [0.25, 0.3) is 0 Å². The number of nitrogens with zero attached hydrogens (tertiary/aromatic N) is 1. The van der Waals surface area contributed by atoms with Crippen LogP contribution in [-0.2, 0) is 12.8 Å². The normalized spacial score (nSPS) is 13.4. The highest BCUT2D eigenvalue weighted by molar-refractivity contribution is 7.97. The highest BCUT2D eigenvalue weighted by Gasteiger charge is 2.31. The highest BCUT2D eigenvalue weighted by Crippen LogP contribution is 2.37. The fourth-order valence-corrected chi connectivity index (χ4v) is 4.42. The molecular formula is C23H20ClF3N2OS. The number of anilines is 2. The van der Waals surface area contributed by atoms with Crippen molar-refractivity contribution in [1.29, 1.82) is 0 Å². The number of fused-ring (bicyclic) bond motifs is 2. The number of alkyl halides is 3. The van der Waals surface area contributed by atoms with E-state index in [0.717, 1.165) is 23.4 Å². The molecule has 0 amide bonds. The largest absolute Gasteiger partial charge is 0.573 e. The van der Waals surface area contributed by atoms with Crippen molar-refractivity contribution in [2.24, 2.45) is 0 Å². The van der Waals surface area contributed by atoms with Gasteiger partial charge in [-0.1, -0.05) is 35.9 Å². The van der Waals surface area contributed by atoms with Crippen LogP contribution < -0.4 is 14.4 Å². The van der Waals surface area contributed by atoms with Crippen molar-refractivity contribution in [3.63, 3.8) is 0 Å². The highest BCUT2D eigenvalue weighted by atomic mass is 35.5. The van der Waals surface area contributed by atoms with Crippen LogP contribution in [0.4, 0.5) is 24.5 Å². The van der Waals surface area contributed by atoms with Gasteiger partial charge in [-0.2, -0.15) is 0 Å². The Morgan fingerprint density at radius 1 is 0.935 bits per heavy atom. The zero-order valence-corrected chi connectivity index (χ0v) is 18.0. The molecule has 4 rings (SSSR count). The van der Waals surface area contributed by atoms with E-state index < -0.39 is 6.36 Å². The molecule has 0 radical (unpaired) electrons. The third-order valence-electron chi connectivity index (χ3n) is 4.97. The van der Waals surface area contributed by atoms with E-state index in [2.05, 4.69) is 38.6 Å². The molecule has 3 nitrogen and oxygen atoms in total. The van der Waals surface area contributed by atoms with Crippen molar-refractivity contribution < 1.29 is 17.9 Å². The van der Waals surface area contributed by atoms with Gasteiger partial charge in [0.15, 0.2) is 0 Å². The number of hydrogen-bond acceptors (Lipinski definition) is 4. The maximum absolute atomic E-state index is 12.3. The summed E-state index contributed by atoms with van der Waals surface area (Å²) in [5, 5.41) is 0.701. The molecule has 162 valence electrons. The second-order valence-corrected chi connectivity index (χ2v) is 8.47. The molecule has 1 aliphatic heterocycles. The van der Waals surface area contributed by atoms with Gasteiger partial charge in [-0.25, -0.2) is 0 Å². The molecule has 0 fully saturated rings. The lowest BCUT2D eigenvalue weighted by atomic mass is 10.0. The molecule has 1 heterocycles. The first-order valence-corrected chi connectivity index (χ1v) is 11.0. The summed E-state index contributed by atoms with van der Waals surface area (Å²) in [4.78, 5) is 3.08. The van der Waals surface area contributed by atoms with E-state index in [1.54, 1.807) is 12.1 Å². The number of para-hydroxylation sites is 1. The van der Waals surface area contributed by atoms with Gasteiger partial charge < -0.3 is 9.64 Å². The molecule has 3 aromatic carbocycles. The van der Waals surface area contributed by atoms with Gasteiger partial charge in [-0.05, 0) is 78.4 Å². The predicted molar refractivity (Wildman–Crippen MR) is 119 cm³/mol. The summed E-state index contributed by atoms with van der Waals surface area (Å²) in [6, 6.07) is 20.2.